The number of benzene rings is 1. The molecule has 2 nitrogen and oxygen atoms in total. The predicted octanol–water partition coefficient (Wildman–Crippen LogP) is 1.52. The average Bonchev–Trinajstić information content (AvgIpc) is 2.13. The second-order valence-corrected chi connectivity index (χ2v) is 3.99. The molecule has 0 bridgehead atoms. The molecule has 1 aliphatic carbocycles. The largest absolute Gasteiger partial charge is 0.391 e. The fraction of sp³-hybridized carbons (Fsp3) is 0.400. The van der Waals surface area contributed by atoms with Crippen LogP contribution in [0.25, 0.3) is 0 Å². The van der Waals surface area contributed by atoms with E-state index in [-0.39, 0.29) is 12.0 Å². The van der Waals surface area contributed by atoms with E-state index < -0.39 is 6.10 Å². The lowest BCUT2D eigenvalue weighted by molar-refractivity contribution is 0.0414. The van der Waals surface area contributed by atoms with Crippen molar-refractivity contribution in [2.24, 2.45) is 5.73 Å². The second kappa shape index (κ2) is 3.29. The Labute approximate surface area is 82.3 Å². The standard InChI is InChI=1S/C10H12ClNO/c11-7-3-1-2-6(4-7)8-5-9(12)10(8)13/h1-4,8-10,13H,5,12H2. The van der Waals surface area contributed by atoms with Gasteiger partial charge in [-0.05, 0) is 24.1 Å². The van der Waals surface area contributed by atoms with Gasteiger partial charge in [0.15, 0.2) is 0 Å². The summed E-state index contributed by atoms with van der Waals surface area (Å²) in [5.74, 6) is 0.175. The van der Waals surface area contributed by atoms with Crippen LogP contribution in [-0.4, -0.2) is 17.3 Å². The van der Waals surface area contributed by atoms with Gasteiger partial charge in [0.2, 0.25) is 0 Å². The zero-order valence-electron chi connectivity index (χ0n) is 7.15. The zero-order chi connectivity index (χ0) is 9.42. The van der Waals surface area contributed by atoms with Gasteiger partial charge < -0.3 is 10.8 Å². The van der Waals surface area contributed by atoms with E-state index in [1.165, 1.54) is 0 Å². The Bertz CT molecular complexity index is 316. The van der Waals surface area contributed by atoms with Gasteiger partial charge in [-0.25, -0.2) is 0 Å². The van der Waals surface area contributed by atoms with E-state index in [0.717, 1.165) is 12.0 Å². The minimum absolute atomic E-state index is 0.0658. The lowest BCUT2D eigenvalue weighted by Crippen LogP contribution is -2.50. The molecule has 2 rings (SSSR count). The molecule has 70 valence electrons. The van der Waals surface area contributed by atoms with Crippen LogP contribution in [0, 0.1) is 0 Å². The molecule has 1 saturated carbocycles. The Kier molecular flexibility index (Phi) is 2.28. The topological polar surface area (TPSA) is 46.2 Å². The molecule has 0 heterocycles. The van der Waals surface area contributed by atoms with E-state index in [2.05, 4.69) is 0 Å². The molecule has 3 unspecified atom stereocenters. The predicted molar refractivity (Wildman–Crippen MR) is 52.8 cm³/mol. The molecule has 1 aromatic carbocycles. The first-order valence-electron chi connectivity index (χ1n) is 4.37. The van der Waals surface area contributed by atoms with Crippen molar-refractivity contribution in [2.45, 2.75) is 24.5 Å². The quantitative estimate of drug-likeness (QED) is 0.717. The maximum absolute atomic E-state index is 9.55. The van der Waals surface area contributed by atoms with Crippen molar-refractivity contribution < 1.29 is 5.11 Å². The van der Waals surface area contributed by atoms with E-state index >= 15 is 0 Å². The minimum Gasteiger partial charge on any atom is -0.391 e. The van der Waals surface area contributed by atoms with Crippen molar-refractivity contribution in [2.75, 3.05) is 0 Å². The van der Waals surface area contributed by atoms with Crippen molar-refractivity contribution in [3.63, 3.8) is 0 Å². The van der Waals surface area contributed by atoms with Crippen molar-refractivity contribution in [1.82, 2.24) is 0 Å². The fourth-order valence-corrected chi connectivity index (χ4v) is 1.94. The van der Waals surface area contributed by atoms with Crippen molar-refractivity contribution in [3.05, 3.63) is 34.9 Å². The third-order valence-electron chi connectivity index (χ3n) is 2.65. The maximum atomic E-state index is 9.55. The van der Waals surface area contributed by atoms with Gasteiger partial charge in [-0.1, -0.05) is 23.7 Å². The summed E-state index contributed by atoms with van der Waals surface area (Å²) in [6.07, 6.45) is 0.445. The Hall–Kier alpha value is -0.570. The van der Waals surface area contributed by atoms with Gasteiger partial charge in [-0.15, -0.1) is 0 Å². The number of hydrogen-bond acceptors (Lipinski definition) is 2. The van der Waals surface area contributed by atoms with Crippen LogP contribution >= 0.6 is 11.6 Å². The summed E-state index contributed by atoms with van der Waals surface area (Å²) < 4.78 is 0. The third kappa shape index (κ3) is 1.57. The van der Waals surface area contributed by atoms with Crippen LogP contribution in [0.4, 0.5) is 0 Å². The molecule has 13 heavy (non-hydrogen) atoms. The highest BCUT2D eigenvalue weighted by atomic mass is 35.5. The molecular formula is C10H12ClNO. The number of hydrogen-bond donors (Lipinski definition) is 2. The summed E-state index contributed by atoms with van der Waals surface area (Å²) in [7, 11) is 0. The Morgan fingerprint density at radius 2 is 2.23 bits per heavy atom. The van der Waals surface area contributed by atoms with Crippen LogP contribution in [0.1, 0.15) is 17.9 Å². The summed E-state index contributed by atoms with van der Waals surface area (Å²) in [4.78, 5) is 0. The van der Waals surface area contributed by atoms with Gasteiger partial charge in [0, 0.05) is 17.0 Å². The van der Waals surface area contributed by atoms with E-state index in [1.807, 2.05) is 24.3 Å². The molecule has 1 fully saturated rings. The van der Waals surface area contributed by atoms with Crippen LogP contribution in [0.2, 0.25) is 5.02 Å². The van der Waals surface area contributed by atoms with Gasteiger partial charge >= 0.3 is 0 Å². The monoisotopic (exact) mass is 197 g/mol. The van der Waals surface area contributed by atoms with Crippen LogP contribution in [-0.2, 0) is 0 Å². The summed E-state index contributed by atoms with van der Waals surface area (Å²) in [6, 6.07) is 7.53. The number of rotatable bonds is 1. The van der Waals surface area contributed by atoms with Gasteiger partial charge in [0.1, 0.15) is 0 Å². The maximum Gasteiger partial charge on any atom is 0.0760 e. The highest BCUT2D eigenvalue weighted by molar-refractivity contribution is 6.30. The molecule has 0 aromatic heterocycles. The SMILES string of the molecule is NC1CC(c2cccc(Cl)c2)C1O. The van der Waals surface area contributed by atoms with Crippen molar-refractivity contribution >= 4 is 11.6 Å². The van der Waals surface area contributed by atoms with E-state index in [0.29, 0.717) is 5.02 Å². The number of aliphatic hydroxyl groups excluding tert-OH is 1. The van der Waals surface area contributed by atoms with E-state index in [4.69, 9.17) is 17.3 Å². The summed E-state index contributed by atoms with van der Waals surface area (Å²) in [5, 5.41) is 10.3. The zero-order valence-corrected chi connectivity index (χ0v) is 7.91. The molecule has 3 atom stereocenters. The first kappa shape index (κ1) is 9.00. The summed E-state index contributed by atoms with van der Waals surface area (Å²) in [6.45, 7) is 0. The van der Waals surface area contributed by atoms with Gasteiger partial charge in [-0.3, -0.25) is 0 Å². The third-order valence-corrected chi connectivity index (χ3v) is 2.89. The molecule has 0 radical (unpaired) electrons. The van der Waals surface area contributed by atoms with E-state index in [9.17, 15) is 5.11 Å². The van der Waals surface area contributed by atoms with Crippen molar-refractivity contribution in [3.8, 4) is 0 Å². The first-order valence-corrected chi connectivity index (χ1v) is 4.75. The van der Waals surface area contributed by atoms with Gasteiger partial charge in [0.05, 0.1) is 6.10 Å². The van der Waals surface area contributed by atoms with Crippen LogP contribution in [0.15, 0.2) is 24.3 Å². The molecule has 0 aliphatic heterocycles. The molecule has 3 heteroatoms. The summed E-state index contributed by atoms with van der Waals surface area (Å²) >= 11 is 5.84. The molecule has 0 spiro atoms. The lowest BCUT2D eigenvalue weighted by atomic mass is 9.73. The number of halogens is 1. The van der Waals surface area contributed by atoms with Crippen LogP contribution in [0.3, 0.4) is 0 Å². The smallest absolute Gasteiger partial charge is 0.0760 e. The Morgan fingerprint density at radius 3 is 2.77 bits per heavy atom. The normalized spacial score (nSPS) is 32.7. The van der Waals surface area contributed by atoms with Crippen LogP contribution in [0.5, 0.6) is 0 Å². The average molecular weight is 198 g/mol. The molecule has 3 N–H and O–H groups in total. The highest BCUT2D eigenvalue weighted by Crippen LogP contribution is 2.36. The first-order chi connectivity index (χ1) is 6.18. The minimum atomic E-state index is -0.404. The lowest BCUT2D eigenvalue weighted by Gasteiger charge is -2.39. The molecule has 1 aliphatic rings. The highest BCUT2D eigenvalue weighted by Gasteiger charge is 2.37. The molecule has 1 aromatic rings. The summed E-state index contributed by atoms with van der Waals surface area (Å²) in [5.41, 5.74) is 6.69. The Morgan fingerprint density at radius 1 is 1.46 bits per heavy atom. The van der Waals surface area contributed by atoms with Gasteiger partial charge in [0.25, 0.3) is 0 Å². The Balaban J connectivity index is 2.18. The van der Waals surface area contributed by atoms with E-state index in [1.54, 1.807) is 0 Å². The second-order valence-electron chi connectivity index (χ2n) is 3.55. The van der Waals surface area contributed by atoms with Gasteiger partial charge in [-0.2, -0.15) is 0 Å². The molecule has 0 amide bonds. The number of nitrogens with two attached hydrogens (primary N) is 1. The molecule has 0 saturated heterocycles. The van der Waals surface area contributed by atoms with Crippen LogP contribution < -0.4 is 5.73 Å². The number of aliphatic hydroxyl groups is 1. The molecular weight excluding hydrogens is 186 g/mol. The van der Waals surface area contributed by atoms with Crippen molar-refractivity contribution in [1.29, 1.82) is 0 Å². The fourth-order valence-electron chi connectivity index (χ4n) is 1.75.